The van der Waals surface area contributed by atoms with E-state index >= 15 is 0 Å². The molecule has 0 fully saturated rings. The molecular formula is C24H22F4N2O. The molecule has 3 aromatic rings. The van der Waals surface area contributed by atoms with Gasteiger partial charge < -0.3 is 10.6 Å². The number of benzene rings is 3. The smallest absolute Gasteiger partial charge is 0.316 e. The quantitative estimate of drug-likeness (QED) is 0.530. The third-order valence-corrected chi connectivity index (χ3v) is 5.05. The van der Waals surface area contributed by atoms with Crippen molar-refractivity contribution in [3.63, 3.8) is 0 Å². The Bertz CT molecular complexity index is 1030. The highest BCUT2D eigenvalue weighted by molar-refractivity contribution is 5.97. The average molecular weight is 430 g/mol. The van der Waals surface area contributed by atoms with Gasteiger partial charge in [-0.05, 0) is 60.4 Å². The largest absolute Gasteiger partial charge is 0.416 e. The number of anilines is 1. The summed E-state index contributed by atoms with van der Waals surface area (Å²) in [6.45, 7) is 1.77. The molecule has 0 saturated carbocycles. The average Bonchev–Trinajstić information content (AvgIpc) is 2.76. The second kappa shape index (κ2) is 9.31. The topological polar surface area (TPSA) is 46.3 Å². The van der Waals surface area contributed by atoms with E-state index < -0.39 is 23.6 Å². The predicted molar refractivity (Wildman–Crippen MR) is 112 cm³/mol. The Hall–Kier alpha value is -3.19. The van der Waals surface area contributed by atoms with E-state index in [-0.39, 0.29) is 12.5 Å². The molecule has 1 unspecified atom stereocenters. The van der Waals surface area contributed by atoms with Gasteiger partial charge in [-0.2, -0.15) is 13.2 Å². The summed E-state index contributed by atoms with van der Waals surface area (Å²) >= 11 is 0. The summed E-state index contributed by atoms with van der Waals surface area (Å²) in [7, 11) is 0. The molecule has 0 aliphatic rings. The molecular weight excluding hydrogens is 408 g/mol. The number of hydrogen-bond donors (Lipinski definition) is 1. The van der Waals surface area contributed by atoms with Gasteiger partial charge in [0.25, 0.3) is 0 Å². The number of carbonyl (C=O) groups is 1. The summed E-state index contributed by atoms with van der Waals surface area (Å²) in [5.74, 6) is -0.782. The second-order valence-corrected chi connectivity index (χ2v) is 7.26. The van der Waals surface area contributed by atoms with Crippen LogP contribution in [0.2, 0.25) is 0 Å². The van der Waals surface area contributed by atoms with Gasteiger partial charge in [0.15, 0.2) is 0 Å². The molecule has 1 amide bonds. The standard InChI is InChI=1S/C24H22F4N2O/c1-16-15-20(11-12-21(16)25)30(23(31)22(29)18-5-3-2-4-6-18)14-13-17-7-9-19(10-8-17)24(26,27)28/h2-12,15,22H,13-14,29H2,1H3. The number of aryl methyl sites for hydroxylation is 1. The molecule has 2 N–H and O–H groups in total. The van der Waals surface area contributed by atoms with E-state index in [2.05, 4.69) is 0 Å². The van der Waals surface area contributed by atoms with Crippen molar-refractivity contribution >= 4 is 11.6 Å². The van der Waals surface area contributed by atoms with Crippen LogP contribution in [-0.4, -0.2) is 12.5 Å². The lowest BCUT2D eigenvalue weighted by Gasteiger charge is -2.26. The molecule has 0 radical (unpaired) electrons. The maximum atomic E-state index is 13.8. The highest BCUT2D eigenvalue weighted by atomic mass is 19.4. The van der Waals surface area contributed by atoms with Gasteiger partial charge in [0.05, 0.1) is 5.56 Å². The number of carbonyl (C=O) groups excluding carboxylic acids is 1. The molecule has 1 atom stereocenters. The van der Waals surface area contributed by atoms with Crippen LogP contribution in [0.5, 0.6) is 0 Å². The Morgan fingerprint density at radius 1 is 1.00 bits per heavy atom. The molecule has 7 heteroatoms. The third kappa shape index (κ3) is 5.49. The zero-order valence-electron chi connectivity index (χ0n) is 16.9. The normalized spacial score (nSPS) is 12.5. The van der Waals surface area contributed by atoms with E-state index in [0.717, 1.165) is 12.1 Å². The monoisotopic (exact) mass is 430 g/mol. The van der Waals surface area contributed by atoms with Crippen molar-refractivity contribution < 1.29 is 22.4 Å². The zero-order chi connectivity index (χ0) is 22.6. The Morgan fingerprint density at radius 2 is 1.65 bits per heavy atom. The number of hydrogen-bond acceptors (Lipinski definition) is 2. The Kier molecular flexibility index (Phi) is 6.75. The Balaban J connectivity index is 1.85. The van der Waals surface area contributed by atoms with Crippen LogP contribution in [0.25, 0.3) is 0 Å². The van der Waals surface area contributed by atoms with E-state index in [1.54, 1.807) is 37.3 Å². The van der Waals surface area contributed by atoms with Crippen molar-refractivity contribution in [1.29, 1.82) is 0 Å². The molecule has 162 valence electrons. The lowest BCUT2D eigenvalue weighted by atomic mass is 10.0. The van der Waals surface area contributed by atoms with Crippen molar-refractivity contribution in [3.05, 3.63) is 101 Å². The second-order valence-electron chi connectivity index (χ2n) is 7.26. The number of nitrogens with zero attached hydrogens (tertiary/aromatic N) is 1. The Morgan fingerprint density at radius 3 is 2.23 bits per heavy atom. The minimum Gasteiger partial charge on any atom is -0.316 e. The highest BCUT2D eigenvalue weighted by Crippen LogP contribution is 2.29. The van der Waals surface area contributed by atoms with Gasteiger partial charge in [-0.25, -0.2) is 4.39 Å². The van der Waals surface area contributed by atoms with Crippen LogP contribution < -0.4 is 10.6 Å². The van der Waals surface area contributed by atoms with Gasteiger partial charge in [-0.3, -0.25) is 4.79 Å². The van der Waals surface area contributed by atoms with Crippen LogP contribution in [-0.2, 0) is 17.4 Å². The van der Waals surface area contributed by atoms with E-state index in [0.29, 0.717) is 28.8 Å². The van der Waals surface area contributed by atoms with E-state index in [9.17, 15) is 22.4 Å². The van der Waals surface area contributed by atoms with E-state index in [1.807, 2.05) is 6.07 Å². The molecule has 0 heterocycles. The maximum Gasteiger partial charge on any atom is 0.416 e. The third-order valence-electron chi connectivity index (χ3n) is 5.05. The number of halogens is 4. The molecule has 3 nitrogen and oxygen atoms in total. The van der Waals surface area contributed by atoms with Crippen molar-refractivity contribution in [2.45, 2.75) is 25.6 Å². The maximum absolute atomic E-state index is 13.8. The van der Waals surface area contributed by atoms with Gasteiger partial charge in [-0.1, -0.05) is 42.5 Å². The zero-order valence-corrected chi connectivity index (χ0v) is 16.9. The molecule has 0 aliphatic heterocycles. The summed E-state index contributed by atoms with van der Waals surface area (Å²) in [6.07, 6.45) is -4.10. The van der Waals surface area contributed by atoms with Crippen LogP contribution in [0, 0.1) is 12.7 Å². The van der Waals surface area contributed by atoms with Crippen LogP contribution in [0.4, 0.5) is 23.2 Å². The van der Waals surface area contributed by atoms with Crippen molar-refractivity contribution in [3.8, 4) is 0 Å². The first-order chi connectivity index (χ1) is 14.7. The lowest BCUT2D eigenvalue weighted by molar-refractivity contribution is -0.137. The lowest BCUT2D eigenvalue weighted by Crippen LogP contribution is -2.40. The number of nitrogens with two attached hydrogens (primary N) is 1. The highest BCUT2D eigenvalue weighted by Gasteiger charge is 2.30. The number of alkyl halides is 3. The van der Waals surface area contributed by atoms with Crippen LogP contribution in [0.1, 0.15) is 28.3 Å². The summed E-state index contributed by atoms with van der Waals surface area (Å²) in [4.78, 5) is 14.7. The van der Waals surface area contributed by atoms with Gasteiger partial charge in [-0.15, -0.1) is 0 Å². The molecule has 0 bridgehead atoms. The van der Waals surface area contributed by atoms with Crippen LogP contribution in [0.15, 0.2) is 72.8 Å². The molecule has 3 aromatic carbocycles. The fourth-order valence-corrected chi connectivity index (χ4v) is 3.24. The van der Waals surface area contributed by atoms with E-state index in [1.165, 1.54) is 29.2 Å². The number of amides is 1. The minimum atomic E-state index is -4.41. The van der Waals surface area contributed by atoms with Gasteiger partial charge in [0.1, 0.15) is 11.9 Å². The molecule has 3 rings (SSSR count). The van der Waals surface area contributed by atoms with Gasteiger partial charge in [0, 0.05) is 12.2 Å². The summed E-state index contributed by atoms with van der Waals surface area (Å²) in [5, 5.41) is 0. The molecule has 0 spiro atoms. The summed E-state index contributed by atoms with van der Waals surface area (Å²) in [6, 6.07) is 17.0. The SMILES string of the molecule is Cc1cc(N(CCc2ccc(C(F)(F)F)cc2)C(=O)C(N)c2ccccc2)ccc1F. The molecule has 31 heavy (non-hydrogen) atoms. The van der Waals surface area contributed by atoms with Gasteiger partial charge >= 0.3 is 6.18 Å². The predicted octanol–water partition coefficient (Wildman–Crippen LogP) is 5.43. The fourth-order valence-electron chi connectivity index (χ4n) is 3.24. The Labute approximate surface area is 178 Å². The summed E-state index contributed by atoms with van der Waals surface area (Å²) < 4.78 is 52.1. The minimum absolute atomic E-state index is 0.176. The van der Waals surface area contributed by atoms with Gasteiger partial charge in [0.2, 0.25) is 5.91 Å². The summed E-state index contributed by atoms with van der Waals surface area (Å²) in [5.41, 5.74) is 7.57. The van der Waals surface area contributed by atoms with Crippen LogP contribution in [0.3, 0.4) is 0 Å². The van der Waals surface area contributed by atoms with Crippen molar-refractivity contribution in [2.75, 3.05) is 11.4 Å². The first-order valence-corrected chi connectivity index (χ1v) is 9.71. The first-order valence-electron chi connectivity index (χ1n) is 9.71. The molecule has 0 aliphatic carbocycles. The molecule has 0 aromatic heterocycles. The molecule has 0 saturated heterocycles. The first kappa shape index (κ1) is 22.5. The fraction of sp³-hybridized carbons (Fsp3) is 0.208. The van der Waals surface area contributed by atoms with Crippen molar-refractivity contribution in [2.24, 2.45) is 5.73 Å². The van der Waals surface area contributed by atoms with Crippen LogP contribution >= 0.6 is 0 Å². The van der Waals surface area contributed by atoms with E-state index in [4.69, 9.17) is 5.73 Å². The number of rotatable bonds is 6. The van der Waals surface area contributed by atoms with Crippen molar-refractivity contribution in [1.82, 2.24) is 0 Å².